The first kappa shape index (κ1) is 112. The van der Waals surface area contributed by atoms with Crippen LogP contribution in [0.2, 0.25) is 0 Å². The van der Waals surface area contributed by atoms with E-state index < -0.39 is 181 Å². The SMILES string of the molecule is CC(C)(C)OC(=O)NCCCCC(NC(=O)CNC(=O)CNC(=O)CN)C(=O)N[C@@H](CCCCNC(=O)OCc1ccccc1)C(=O)OC(C)(C)C.CC(C)(C)OC(=O)NCCCCC(NC(=O)CNC(=O)CNC(=O)CNC(=O)CN=[N+]=[N-])C(=O)N[C@@H](CCCCNC(=O)OCc1ccccc1)C(=O)OC(C)(C)C.CCNCC.[N-]=[N+]=NCC(=O)O. The molecule has 2 rings (SSSR count). The fraction of sp³-hybridized carbons (Fsp3) is 0.641. The van der Waals surface area contributed by atoms with E-state index in [1.807, 2.05) is 60.7 Å². The summed E-state index contributed by atoms with van der Waals surface area (Å²) >= 11 is 0. The molecule has 0 aromatic heterocycles. The minimum Gasteiger partial charge on any atom is -0.481 e. The molecule has 0 aliphatic heterocycles. The number of nitrogens with one attached hydrogen (secondary N) is 14. The molecule has 2 unspecified atom stereocenters. The molecule has 17 N–H and O–H groups in total. The maximum Gasteiger partial charge on any atom is 0.407 e. The summed E-state index contributed by atoms with van der Waals surface area (Å²) in [6, 6.07) is 13.9. The molecule has 4 atom stereocenters. The molecule has 684 valence electrons. The molecule has 44 nitrogen and oxygen atoms in total. The molecule has 2 aromatic carbocycles. The lowest BCUT2D eigenvalue weighted by atomic mass is 10.1. The first-order valence-electron chi connectivity index (χ1n) is 39.8. The summed E-state index contributed by atoms with van der Waals surface area (Å²) in [5, 5.41) is 49.2. The van der Waals surface area contributed by atoms with Gasteiger partial charge in [-0.3, -0.25) is 47.9 Å². The highest BCUT2D eigenvalue weighted by molar-refractivity contribution is 5.95. The van der Waals surface area contributed by atoms with Gasteiger partial charge in [0.15, 0.2) is 0 Å². The third-order valence-electron chi connectivity index (χ3n) is 14.8. The van der Waals surface area contributed by atoms with Crippen molar-refractivity contribution in [2.75, 3.05) is 91.6 Å². The van der Waals surface area contributed by atoms with Gasteiger partial charge in [-0.05, 0) is 195 Å². The standard InChI is InChI=1S/C37H58N10O11.C35H57N7O10.C4H11N.C2H3N3O2/c1-36(2,3)57-33(53)27(17-11-13-18-39-34(54)56-24-25-14-8-7-9-15-25)46-32(52)26(16-10-12-19-40-35(55)58-37(4,5)6)45-31(51)22-43-29(49)20-41-28(48)21-42-30(50)23-44-47-38;1-34(2,3)51-31(47)26(17-11-13-18-37-32(48)50-23-24-14-8-7-9-15-24)42-30(46)25(16-10-12-19-38-33(49)52-35(4,5)6)41-29(45)22-40-28(44)21-39-27(43)20-36;1-3-5-4-2;3-5-4-1-2(6)7/h7-9,14-15,26-27H,10-13,16-24H2,1-6H3,(H,39,54)(H,40,55)(H,41,48)(H,42,50)(H,43,49)(H,45,51)(H,46,52);7-9,14-15,25-26H,10-13,16-23,36H2,1-6H3,(H,37,48)(H,38,49)(H,39,43)(H,40,44)(H,41,45)(H,42,46);5H,3-4H2,1-2H3;1H2,(H,6,7)/t26?,27-;25?,26-;;/m00../s1. The fourth-order valence-corrected chi connectivity index (χ4v) is 9.30. The van der Waals surface area contributed by atoms with E-state index >= 15 is 0 Å². The maximum absolute atomic E-state index is 13.7. The van der Waals surface area contributed by atoms with Gasteiger partial charge < -0.3 is 114 Å². The number of hydrogen-bond acceptors (Lipinski definition) is 26. The number of carboxylic acid groups (broad SMARTS) is 1. The van der Waals surface area contributed by atoms with Gasteiger partial charge in [0.25, 0.3) is 0 Å². The number of alkyl carbamates (subject to hydrolysis) is 4. The Labute approximate surface area is 711 Å². The number of aliphatic carboxylic acids is 1. The predicted molar refractivity (Wildman–Crippen MR) is 447 cm³/mol. The van der Waals surface area contributed by atoms with E-state index in [4.69, 9.17) is 50.3 Å². The Balaban J connectivity index is 0. The number of unbranched alkanes of at least 4 members (excludes halogenated alkanes) is 4. The highest BCUT2D eigenvalue weighted by Crippen LogP contribution is 2.16. The molecule has 0 fully saturated rings. The number of amides is 13. The minimum atomic E-state index is -1.18. The van der Waals surface area contributed by atoms with Crippen LogP contribution in [-0.2, 0) is 99.2 Å². The lowest BCUT2D eigenvalue weighted by molar-refractivity contribution is -0.159. The number of nitrogens with zero attached hydrogens (tertiary/aromatic N) is 6. The summed E-state index contributed by atoms with van der Waals surface area (Å²) in [4.78, 5) is 201. The highest BCUT2D eigenvalue weighted by atomic mass is 16.6. The van der Waals surface area contributed by atoms with Crippen LogP contribution in [0.25, 0.3) is 20.9 Å². The summed E-state index contributed by atoms with van der Waals surface area (Å²) < 4.78 is 32.0. The van der Waals surface area contributed by atoms with Gasteiger partial charge in [0.05, 0.1) is 39.3 Å². The predicted octanol–water partition coefficient (Wildman–Crippen LogP) is 4.03. The van der Waals surface area contributed by atoms with Gasteiger partial charge in [-0.15, -0.1) is 0 Å². The third-order valence-corrected chi connectivity index (χ3v) is 14.8. The van der Waals surface area contributed by atoms with Crippen LogP contribution < -0.4 is 80.2 Å². The van der Waals surface area contributed by atoms with E-state index in [2.05, 4.69) is 108 Å². The zero-order valence-electron chi connectivity index (χ0n) is 72.6. The van der Waals surface area contributed by atoms with Gasteiger partial charge in [0, 0.05) is 36.0 Å². The molecule has 0 saturated carbocycles. The Morgan fingerprint density at radius 2 is 0.672 bits per heavy atom. The number of ether oxygens (including phenoxy) is 6. The molecule has 0 heterocycles. The number of carbonyl (C=O) groups excluding carboxylic acids is 15. The van der Waals surface area contributed by atoms with E-state index in [0.29, 0.717) is 51.4 Å². The Morgan fingerprint density at radius 3 is 0.959 bits per heavy atom. The molecule has 122 heavy (non-hydrogen) atoms. The molecular weight excluding hydrogens is 1600 g/mol. The van der Waals surface area contributed by atoms with Crippen LogP contribution in [0.4, 0.5) is 19.2 Å². The van der Waals surface area contributed by atoms with E-state index in [1.54, 1.807) is 83.1 Å². The second kappa shape index (κ2) is 64.6. The van der Waals surface area contributed by atoms with E-state index in [1.165, 1.54) is 0 Å². The summed E-state index contributed by atoms with van der Waals surface area (Å²) in [6.07, 6.45) is 1.40. The number of rotatable bonds is 49. The number of benzene rings is 2. The van der Waals surface area contributed by atoms with Crippen molar-refractivity contribution >= 4 is 95.4 Å². The number of carbonyl (C=O) groups is 16. The molecule has 44 heteroatoms. The summed E-state index contributed by atoms with van der Waals surface area (Å²) in [6.45, 7) is 24.3. The van der Waals surface area contributed by atoms with Crippen molar-refractivity contribution in [1.29, 1.82) is 0 Å². The second-order valence-corrected chi connectivity index (χ2v) is 30.5. The zero-order chi connectivity index (χ0) is 92.5. The molecule has 0 spiro atoms. The highest BCUT2D eigenvalue weighted by Gasteiger charge is 2.33. The van der Waals surface area contributed by atoms with Crippen molar-refractivity contribution in [3.05, 3.63) is 92.7 Å². The lowest BCUT2D eigenvalue weighted by Gasteiger charge is -2.26. The van der Waals surface area contributed by atoms with Crippen molar-refractivity contribution in [3.63, 3.8) is 0 Å². The van der Waals surface area contributed by atoms with Crippen molar-refractivity contribution in [2.24, 2.45) is 16.0 Å². The van der Waals surface area contributed by atoms with Crippen LogP contribution in [0.5, 0.6) is 0 Å². The van der Waals surface area contributed by atoms with Crippen LogP contribution in [-0.4, -0.2) is 239 Å². The molecule has 0 saturated heterocycles. The quantitative estimate of drug-likeness (QED) is 0.0111. The van der Waals surface area contributed by atoms with Gasteiger partial charge in [0.1, 0.15) is 72.9 Å². The topological polar surface area (TPSA) is 641 Å². The van der Waals surface area contributed by atoms with E-state index in [0.717, 1.165) is 24.2 Å². The van der Waals surface area contributed by atoms with Crippen molar-refractivity contribution in [2.45, 2.75) is 234 Å². The number of nitrogens with two attached hydrogens (primary N) is 1. The molecule has 0 radical (unpaired) electrons. The van der Waals surface area contributed by atoms with Gasteiger partial charge in [-0.1, -0.05) is 84.7 Å². The molecule has 0 bridgehead atoms. The van der Waals surface area contributed by atoms with Gasteiger partial charge in [0.2, 0.25) is 53.2 Å². The van der Waals surface area contributed by atoms with Gasteiger partial charge in [-0.2, -0.15) is 0 Å². The van der Waals surface area contributed by atoms with Crippen molar-refractivity contribution < 1.29 is 110 Å². The Morgan fingerprint density at radius 1 is 0.377 bits per heavy atom. The Kier molecular flexibility index (Phi) is 59.2. The molecule has 2 aromatic rings. The first-order chi connectivity index (χ1) is 57.3. The summed E-state index contributed by atoms with van der Waals surface area (Å²) in [5.74, 6) is -8.65. The lowest BCUT2D eigenvalue weighted by Crippen LogP contribution is -2.54. The summed E-state index contributed by atoms with van der Waals surface area (Å²) in [7, 11) is 0. The number of hydrogen-bond donors (Lipinski definition) is 16. The van der Waals surface area contributed by atoms with Gasteiger partial charge >= 0.3 is 42.3 Å². The average molecular weight is 1730 g/mol. The average Bonchev–Trinajstić information content (AvgIpc) is 0.873. The monoisotopic (exact) mass is 1730 g/mol. The van der Waals surface area contributed by atoms with Gasteiger partial charge in [-0.25, -0.2) is 28.8 Å². The number of azide groups is 2. The van der Waals surface area contributed by atoms with Crippen molar-refractivity contribution in [3.8, 4) is 0 Å². The number of esters is 2. The molecule has 0 aliphatic rings. The fourth-order valence-electron chi connectivity index (χ4n) is 9.30. The first-order valence-corrected chi connectivity index (χ1v) is 39.8. The Hall–Kier alpha value is -12.3. The molecule has 0 aliphatic carbocycles. The number of carboxylic acids is 1. The molecule has 13 amide bonds. The summed E-state index contributed by atoms with van der Waals surface area (Å²) in [5.41, 5.74) is 19.5. The smallest absolute Gasteiger partial charge is 0.407 e. The van der Waals surface area contributed by atoms with Crippen LogP contribution in [0, 0.1) is 0 Å². The maximum atomic E-state index is 13.7. The van der Waals surface area contributed by atoms with Crippen LogP contribution >= 0.6 is 0 Å². The van der Waals surface area contributed by atoms with E-state index in [9.17, 15) is 76.7 Å². The third kappa shape index (κ3) is 67.6. The molecular formula is C78H129N21O23. The second-order valence-electron chi connectivity index (χ2n) is 30.5. The largest absolute Gasteiger partial charge is 0.481 e. The normalized spacial score (nSPS) is 11.6. The zero-order valence-corrected chi connectivity index (χ0v) is 72.6. The van der Waals surface area contributed by atoms with Crippen LogP contribution in [0.1, 0.15) is 185 Å². The van der Waals surface area contributed by atoms with Crippen LogP contribution in [0.15, 0.2) is 70.9 Å². The van der Waals surface area contributed by atoms with Crippen molar-refractivity contribution in [1.82, 2.24) is 74.4 Å². The van der Waals surface area contributed by atoms with E-state index in [-0.39, 0.29) is 78.2 Å². The van der Waals surface area contributed by atoms with Crippen LogP contribution in [0.3, 0.4) is 0 Å². The Bertz CT molecular complexity index is 3650. The minimum absolute atomic E-state index is 0.0824.